The van der Waals surface area contributed by atoms with Gasteiger partial charge < -0.3 is 14.2 Å². The maximum absolute atomic E-state index is 12.8. The lowest BCUT2D eigenvalue weighted by Gasteiger charge is -2.13. The van der Waals surface area contributed by atoms with E-state index in [1.54, 1.807) is 19.1 Å². The number of nitrogens with zero attached hydrogens (tertiary/aromatic N) is 2. The molecule has 1 saturated heterocycles. The minimum absolute atomic E-state index is 0.0258. The van der Waals surface area contributed by atoms with E-state index in [4.69, 9.17) is 20.6 Å². The van der Waals surface area contributed by atoms with Gasteiger partial charge in [-0.25, -0.2) is 4.99 Å². The fourth-order valence-corrected chi connectivity index (χ4v) is 4.16. The highest BCUT2D eigenvalue weighted by Crippen LogP contribution is 2.34. The highest BCUT2D eigenvalue weighted by atomic mass is 32.2. The first kappa shape index (κ1) is 21.6. The number of hydrogen-bond acceptors (Lipinski definition) is 6. The van der Waals surface area contributed by atoms with Gasteiger partial charge in [0.2, 0.25) is 5.91 Å². The Hall–Kier alpha value is -3.11. The molecule has 3 rings (SSSR count). The Morgan fingerprint density at radius 2 is 1.93 bits per heavy atom. The summed E-state index contributed by atoms with van der Waals surface area (Å²) >= 11 is 1.46. The zero-order valence-electron chi connectivity index (χ0n) is 17.3. The molecule has 1 fully saturated rings. The summed E-state index contributed by atoms with van der Waals surface area (Å²) in [5.74, 6) is 4.46. The van der Waals surface area contributed by atoms with E-state index in [2.05, 4.69) is 10.9 Å². The third-order valence-electron chi connectivity index (χ3n) is 4.48. The molecule has 0 unspecified atom stereocenters. The van der Waals surface area contributed by atoms with E-state index in [1.807, 2.05) is 49.4 Å². The molecule has 1 amide bonds. The second kappa shape index (κ2) is 10.1. The summed E-state index contributed by atoms with van der Waals surface area (Å²) in [6.45, 7) is 2.59. The van der Waals surface area contributed by atoms with Crippen LogP contribution in [0.1, 0.15) is 12.5 Å². The summed E-state index contributed by atoms with van der Waals surface area (Å²) in [7, 11) is 3.37. The van der Waals surface area contributed by atoms with Gasteiger partial charge in [-0.3, -0.25) is 9.69 Å². The van der Waals surface area contributed by atoms with Crippen LogP contribution in [0, 0.1) is 12.3 Å². The average molecular weight is 425 g/mol. The third-order valence-corrected chi connectivity index (χ3v) is 5.71. The number of aliphatic imine (C=N–C) groups is 1. The molecule has 1 atom stereocenters. The zero-order valence-corrected chi connectivity index (χ0v) is 18.1. The number of methoxy groups -OCH3 is 1. The van der Waals surface area contributed by atoms with Gasteiger partial charge in [0.15, 0.2) is 16.7 Å². The summed E-state index contributed by atoms with van der Waals surface area (Å²) in [6.07, 6.45) is 5.83. The van der Waals surface area contributed by atoms with Crippen molar-refractivity contribution in [3.05, 3.63) is 48.0 Å². The number of carbonyl (C=O) groups excluding carboxylic acids is 1. The molecule has 2 aromatic carbocycles. The summed E-state index contributed by atoms with van der Waals surface area (Å²) in [5, 5.41) is 0.424. The maximum Gasteiger partial charge on any atom is 0.242 e. The van der Waals surface area contributed by atoms with Crippen molar-refractivity contribution in [3.8, 4) is 29.6 Å². The molecule has 6 nitrogen and oxygen atoms in total. The van der Waals surface area contributed by atoms with Gasteiger partial charge in [0.1, 0.15) is 12.4 Å². The highest BCUT2D eigenvalue weighted by Gasteiger charge is 2.35. The standard InChI is InChI=1S/C23H24N2O4S/c1-5-13-29-19-12-7-16(14-20(19)28-6-2)15-21-22(26)25(3)23(30-21)24-17-8-10-18(27-4)11-9-17/h1,7-12,14,21H,6,13,15H2,2-4H3/t21-/m1/s1. The van der Waals surface area contributed by atoms with Crippen molar-refractivity contribution < 1.29 is 19.0 Å². The van der Waals surface area contributed by atoms with Gasteiger partial charge in [-0.1, -0.05) is 23.7 Å². The molecule has 156 valence electrons. The van der Waals surface area contributed by atoms with Gasteiger partial charge >= 0.3 is 0 Å². The molecule has 0 radical (unpaired) electrons. The number of terminal acetylenes is 1. The summed E-state index contributed by atoms with van der Waals surface area (Å²) < 4.78 is 16.4. The van der Waals surface area contributed by atoms with Crippen molar-refractivity contribution in [1.29, 1.82) is 0 Å². The van der Waals surface area contributed by atoms with E-state index in [-0.39, 0.29) is 17.8 Å². The molecule has 0 spiro atoms. The minimum Gasteiger partial charge on any atom is -0.497 e. The molecular formula is C23H24N2O4S. The first-order chi connectivity index (χ1) is 14.5. The van der Waals surface area contributed by atoms with Crippen molar-refractivity contribution in [1.82, 2.24) is 4.90 Å². The average Bonchev–Trinajstić information content (AvgIpc) is 3.01. The molecule has 0 N–H and O–H groups in total. The highest BCUT2D eigenvalue weighted by molar-refractivity contribution is 8.15. The Kier molecular flexibility index (Phi) is 7.26. The number of benzene rings is 2. The van der Waals surface area contributed by atoms with Crippen LogP contribution in [0.5, 0.6) is 17.2 Å². The van der Waals surface area contributed by atoms with Gasteiger partial charge in [0.25, 0.3) is 0 Å². The molecule has 1 aliphatic rings. The van der Waals surface area contributed by atoms with E-state index < -0.39 is 0 Å². The lowest BCUT2D eigenvalue weighted by atomic mass is 10.1. The lowest BCUT2D eigenvalue weighted by molar-refractivity contribution is -0.125. The van der Waals surface area contributed by atoms with Crippen LogP contribution in [0.15, 0.2) is 47.5 Å². The zero-order chi connectivity index (χ0) is 21.5. The van der Waals surface area contributed by atoms with Gasteiger partial charge in [-0.2, -0.15) is 0 Å². The Labute approximate surface area is 181 Å². The van der Waals surface area contributed by atoms with E-state index in [1.165, 1.54) is 11.8 Å². The van der Waals surface area contributed by atoms with Crippen LogP contribution in [-0.2, 0) is 11.2 Å². The van der Waals surface area contributed by atoms with Gasteiger partial charge in [0, 0.05) is 7.05 Å². The van der Waals surface area contributed by atoms with Crippen molar-refractivity contribution in [3.63, 3.8) is 0 Å². The second-order valence-corrected chi connectivity index (χ2v) is 7.68. The quantitative estimate of drug-likeness (QED) is 0.602. The molecule has 7 heteroatoms. The van der Waals surface area contributed by atoms with E-state index in [9.17, 15) is 4.79 Å². The number of thioether (sulfide) groups is 1. The molecule has 2 aromatic rings. The Balaban J connectivity index is 1.75. The molecule has 1 aliphatic heterocycles. The maximum atomic E-state index is 12.8. The van der Waals surface area contributed by atoms with Gasteiger partial charge in [0.05, 0.1) is 24.7 Å². The number of rotatable bonds is 8. The monoisotopic (exact) mass is 424 g/mol. The molecule has 1 heterocycles. The van der Waals surface area contributed by atoms with Crippen LogP contribution >= 0.6 is 11.8 Å². The minimum atomic E-state index is -0.251. The summed E-state index contributed by atoms with van der Waals surface area (Å²) in [6, 6.07) is 13.1. The van der Waals surface area contributed by atoms with Crippen molar-refractivity contribution >= 4 is 28.5 Å². The predicted molar refractivity (Wildman–Crippen MR) is 120 cm³/mol. The fraction of sp³-hybridized carbons (Fsp3) is 0.304. The number of amidine groups is 1. The molecule has 0 bridgehead atoms. The first-order valence-corrected chi connectivity index (χ1v) is 10.4. The van der Waals surface area contributed by atoms with E-state index >= 15 is 0 Å². The molecule has 30 heavy (non-hydrogen) atoms. The summed E-state index contributed by atoms with van der Waals surface area (Å²) in [4.78, 5) is 19.0. The molecular weight excluding hydrogens is 400 g/mol. The second-order valence-electron chi connectivity index (χ2n) is 6.51. The molecule has 0 saturated carbocycles. The topological polar surface area (TPSA) is 60.4 Å². The van der Waals surface area contributed by atoms with Gasteiger partial charge in [-0.15, -0.1) is 6.42 Å². The van der Waals surface area contributed by atoms with Crippen LogP contribution in [0.25, 0.3) is 0 Å². The van der Waals surface area contributed by atoms with Crippen LogP contribution in [0.2, 0.25) is 0 Å². The Morgan fingerprint density at radius 1 is 1.17 bits per heavy atom. The normalized spacial score (nSPS) is 17.1. The van der Waals surface area contributed by atoms with Crippen LogP contribution in [-0.4, -0.2) is 48.6 Å². The molecule has 0 aromatic heterocycles. The van der Waals surface area contributed by atoms with Gasteiger partial charge in [-0.05, 0) is 55.3 Å². The smallest absolute Gasteiger partial charge is 0.242 e. The number of amides is 1. The number of hydrogen-bond donors (Lipinski definition) is 0. The third kappa shape index (κ3) is 5.08. The van der Waals surface area contributed by atoms with E-state index in [0.29, 0.717) is 29.7 Å². The first-order valence-electron chi connectivity index (χ1n) is 9.54. The van der Waals surface area contributed by atoms with Crippen molar-refractivity contribution in [2.45, 2.75) is 18.6 Å². The SMILES string of the molecule is C#CCOc1ccc(C[C@H]2SC(=Nc3ccc(OC)cc3)N(C)C2=O)cc1OCC. The summed E-state index contributed by atoms with van der Waals surface area (Å²) in [5.41, 5.74) is 1.75. The Bertz CT molecular complexity index is 966. The molecule has 0 aliphatic carbocycles. The van der Waals surface area contributed by atoms with E-state index in [0.717, 1.165) is 17.0 Å². The number of carbonyl (C=O) groups is 1. The fourth-order valence-electron chi connectivity index (χ4n) is 2.96. The van der Waals surface area contributed by atoms with Crippen LogP contribution < -0.4 is 14.2 Å². The lowest BCUT2D eigenvalue weighted by Crippen LogP contribution is -2.28. The largest absolute Gasteiger partial charge is 0.497 e. The number of ether oxygens (including phenoxy) is 3. The Morgan fingerprint density at radius 3 is 2.60 bits per heavy atom. The predicted octanol–water partition coefficient (Wildman–Crippen LogP) is 3.91. The van der Waals surface area contributed by atoms with Crippen molar-refractivity contribution in [2.24, 2.45) is 4.99 Å². The van der Waals surface area contributed by atoms with Crippen LogP contribution in [0.3, 0.4) is 0 Å². The van der Waals surface area contributed by atoms with Crippen LogP contribution in [0.4, 0.5) is 5.69 Å². The van der Waals surface area contributed by atoms with Crippen molar-refractivity contribution in [2.75, 3.05) is 27.4 Å².